The fourth-order valence-electron chi connectivity index (χ4n) is 3.59. The van der Waals surface area contributed by atoms with Crippen LogP contribution >= 0.6 is 24.0 Å². The van der Waals surface area contributed by atoms with Gasteiger partial charge in [-0.15, -0.1) is 34.2 Å². The number of aliphatic imine (C=N–C) groups is 1. The molecule has 0 unspecified atom stereocenters. The number of benzene rings is 2. The average Bonchev–Trinajstić information content (AvgIpc) is 3.34. The van der Waals surface area contributed by atoms with E-state index in [0.29, 0.717) is 19.0 Å². The van der Waals surface area contributed by atoms with Gasteiger partial charge >= 0.3 is 0 Å². The lowest BCUT2D eigenvalue weighted by atomic mass is 10.1. The topological polar surface area (TPSA) is 89.5 Å². The molecular formula is C25H31IN6O2. The molecule has 0 atom stereocenters. The lowest BCUT2D eigenvalue weighted by molar-refractivity contribution is 0.414. The number of rotatable bonds is 8. The van der Waals surface area contributed by atoms with Gasteiger partial charge in [0.25, 0.3) is 0 Å². The van der Waals surface area contributed by atoms with Gasteiger partial charge in [0.05, 0.1) is 13.7 Å². The van der Waals surface area contributed by atoms with Gasteiger partial charge in [-0.3, -0.25) is 0 Å². The number of fused-ring (bicyclic) bond motifs is 1. The van der Waals surface area contributed by atoms with Crippen molar-refractivity contribution in [1.29, 1.82) is 0 Å². The van der Waals surface area contributed by atoms with Gasteiger partial charge in [0.2, 0.25) is 0 Å². The van der Waals surface area contributed by atoms with Crippen LogP contribution < -0.4 is 15.4 Å². The fraction of sp³-hybridized carbons (Fsp3) is 0.320. The number of nitrogens with zero attached hydrogens (tertiary/aromatic N) is 4. The summed E-state index contributed by atoms with van der Waals surface area (Å²) < 4.78 is 13.2. The van der Waals surface area contributed by atoms with E-state index in [1.54, 1.807) is 7.11 Å². The Balaban J connectivity index is 0.00000324. The maximum atomic E-state index is 6.05. The number of guanidine groups is 1. The summed E-state index contributed by atoms with van der Waals surface area (Å²) in [6, 6.07) is 16.2. The number of methoxy groups -OCH3 is 1. The number of furan rings is 1. The van der Waals surface area contributed by atoms with E-state index in [4.69, 9.17) is 14.1 Å². The van der Waals surface area contributed by atoms with Gasteiger partial charge in [-0.25, -0.2) is 4.99 Å². The molecule has 2 aromatic carbocycles. The summed E-state index contributed by atoms with van der Waals surface area (Å²) in [6.07, 6.45) is 0.859. The van der Waals surface area contributed by atoms with Crippen LogP contribution in [0.2, 0.25) is 0 Å². The summed E-state index contributed by atoms with van der Waals surface area (Å²) in [4.78, 5) is 4.73. The minimum atomic E-state index is 0. The van der Waals surface area contributed by atoms with Crippen LogP contribution in [0, 0.1) is 13.8 Å². The third-order valence-electron chi connectivity index (χ3n) is 5.79. The first-order valence-electron chi connectivity index (χ1n) is 11.0. The molecule has 0 saturated carbocycles. The predicted molar refractivity (Wildman–Crippen MR) is 145 cm³/mol. The molecule has 0 aliphatic heterocycles. The van der Waals surface area contributed by atoms with Crippen molar-refractivity contribution in [2.24, 2.45) is 12.0 Å². The second-order valence-corrected chi connectivity index (χ2v) is 7.91. The minimum absolute atomic E-state index is 0. The molecule has 0 aliphatic rings. The van der Waals surface area contributed by atoms with Crippen LogP contribution in [0.5, 0.6) is 5.75 Å². The summed E-state index contributed by atoms with van der Waals surface area (Å²) in [5.41, 5.74) is 3.26. The first-order chi connectivity index (χ1) is 16.0. The first-order valence-corrected chi connectivity index (χ1v) is 11.0. The Morgan fingerprint density at radius 1 is 1.06 bits per heavy atom. The zero-order chi connectivity index (χ0) is 23.2. The number of nitrogens with one attached hydrogen (secondary N) is 2. The molecule has 0 saturated heterocycles. The molecule has 2 heterocycles. The quantitative estimate of drug-likeness (QED) is 0.186. The van der Waals surface area contributed by atoms with Gasteiger partial charge in [-0.2, -0.15) is 0 Å². The van der Waals surface area contributed by atoms with E-state index in [1.165, 1.54) is 5.56 Å². The smallest absolute Gasteiger partial charge is 0.192 e. The van der Waals surface area contributed by atoms with Crippen molar-refractivity contribution in [2.45, 2.75) is 33.4 Å². The normalized spacial score (nSPS) is 11.4. The van der Waals surface area contributed by atoms with Crippen LogP contribution in [0.3, 0.4) is 0 Å². The molecular weight excluding hydrogens is 543 g/mol. The van der Waals surface area contributed by atoms with Crippen molar-refractivity contribution >= 4 is 40.9 Å². The highest BCUT2D eigenvalue weighted by molar-refractivity contribution is 14.0. The Hall–Kier alpha value is -3.08. The Kier molecular flexibility index (Phi) is 8.91. The molecule has 180 valence electrons. The molecule has 2 N–H and O–H groups in total. The van der Waals surface area contributed by atoms with E-state index in [0.717, 1.165) is 52.7 Å². The SMILES string of the molecule is COc1ccc(CCNC(=NCc2nnc(C)n2C)NCc2oc3ccccc3c2C)cc1.I. The Labute approximate surface area is 216 Å². The molecule has 34 heavy (non-hydrogen) atoms. The summed E-state index contributed by atoms with van der Waals surface area (Å²) >= 11 is 0. The average molecular weight is 574 g/mol. The van der Waals surface area contributed by atoms with Crippen molar-refractivity contribution < 1.29 is 9.15 Å². The monoisotopic (exact) mass is 574 g/mol. The zero-order valence-electron chi connectivity index (χ0n) is 20.0. The van der Waals surface area contributed by atoms with Gasteiger partial charge in [0.15, 0.2) is 11.8 Å². The number of aryl methyl sites for hydroxylation is 2. The van der Waals surface area contributed by atoms with E-state index in [-0.39, 0.29) is 24.0 Å². The number of ether oxygens (including phenoxy) is 1. The lowest BCUT2D eigenvalue weighted by Gasteiger charge is -2.12. The van der Waals surface area contributed by atoms with Crippen LogP contribution in [-0.2, 0) is 26.6 Å². The molecule has 0 fully saturated rings. The van der Waals surface area contributed by atoms with Crippen molar-refractivity contribution in [2.75, 3.05) is 13.7 Å². The van der Waals surface area contributed by atoms with Gasteiger partial charge in [0, 0.05) is 24.5 Å². The minimum Gasteiger partial charge on any atom is -0.497 e. The highest BCUT2D eigenvalue weighted by Crippen LogP contribution is 2.24. The number of hydrogen-bond acceptors (Lipinski definition) is 5. The zero-order valence-corrected chi connectivity index (χ0v) is 22.3. The van der Waals surface area contributed by atoms with Crippen molar-refractivity contribution in [3.05, 3.63) is 77.1 Å². The second-order valence-electron chi connectivity index (χ2n) is 7.91. The van der Waals surface area contributed by atoms with E-state index >= 15 is 0 Å². The molecule has 0 bridgehead atoms. The van der Waals surface area contributed by atoms with Gasteiger partial charge in [-0.05, 0) is 44.0 Å². The lowest BCUT2D eigenvalue weighted by Crippen LogP contribution is -2.38. The van der Waals surface area contributed by atoms with Crippen molar-refractivity contribution in [3.63, 3.8) is 0 Å². The number of halogens is 1. The summed E-state index contributed by atoms with van der Waals surface area (Å²) in [5.74, 6) is 4.12. The van der Waals surface area contributed by atoms with Crippen LogP contribution in [0.15, 0.2) is 57.9 Å². The maximum absolute atomic E-state index is 6.05. The molecule has 0 aliphatic carbocycles. The maximum Gasteiger partial charge on any atom is 0.192 e. The Morgan fingerprint density at radius 3 is 2.50 bits per heavy atom. The first kappa shape index (κ1) is 25.5. The molecule has 4 aromatic rings. The summed E-state index contributed by atoms with van der Waals surface area (Å²) in [6.45, 7) is 5.70. The summed E-state index contributed by atoms with van der Waals surface area (Å²) in [5, 5.41) is 16.3. The highest BCUT2D eigenvalue weighted by atomic mass is 127. The third-order valence-corrected chi connectivity index (χ3v) is 5.79. The number of aromatic nitrogens is 3. The van der Waals surface area contributed by atoms with Crippen LogP contribution in [-0.4, -0.2) is 34.4 Å². The second kappa shape index (κ2) is 11.9. The Morgan fingerprint density at radius 2 is 1.82 bits per heavy atom. The Bertz CT molecular complexity index is 1250. The predicted octanol–water partition coefficient (Wildman–Crippen LogP) is 4.28. The van der Waals surface area contributed by atoms with Crippen LogP contribution in [0.1, 0.15) is 28.5 Å². The van der Waals surface area contributed by atoms with Gasteiger partial charge in [0.1, 0.15) is 29.5 Å². The number of hydrogen-bond donors (Lipinski definition) is 2. The van der Waals surface area contributed by atoms with Gasteiger partial charge in [-0.1, -0.05) is 30.3 Å². The van der Waals surface area contributed by atoms with E-state index in [9.17, 15) is 0 Å². The molecule has 8 nitrogen and oxygen atoms in total. The van der Waals surface area contributed by atoms with Crippen LogP contribution in [0.25, 0.3) is 11.0 Å². The standard InChI is InChI=1S/C25H30N6O2.HI/c1-17-21-7-5-6-8-22(21)33-23(17)15-27-25(28-16-24-30-29-18(2)31(24)3)26-14-13-19-9-11-20(32-4)12-10-19;/h5-12H,13-16H2,1-4H3,(H2,26,27,28);1H. The molecule has 0 radical (unpaired) electrons. The molecule has 0 spiro atoms. The van der Waals surface area contributed by atoms with E-state index < -0.39 is 0 Å². The third kappa shape index (κ3) is 6.07. The fourth-order valence-corrected chi connectivity index (χ4v) is 3.59. The molecule has 4 rings (SSSR count). The number of para-hydroxylation sites is 1. The highest BCUT2D eigenvalue weighted by Gasteiger charge is 2.11. The van der Waals surface area contributed by atoms with Crippen LogP contribution in [0.4, 0.5) is 0 Å². The molecule has 9 heteroatoms. The van der Waals surface area contributed by atoms with Crippen molar-refractivity contribution in [1.82, 2.24) is 25.4 Å². The van der Waals surface area contributed by atoms with E-state index in [1.807, 2.05) is 48.9 Å². The van der Waals surface area contributed by atoms with Crippen molar-refractivity contribution in [3.8, 4) is 5.75 Å². The molecule has 2 aromatic heterocycles. The van der Waals surface area contributed by atoms with Gasteiger partial charge < -0.3 is 24.4 Å². The largest absolute Gasteiger partial charge is 0.497 e. The molecule has 0 amide bonds. The summed E-state index contributed by atoms with van der Waals surface area (Å²) in [7, 11) is 3.62. The van der Waals surface area contributed by atoms with E-state index in [2.05, 4.69) is 46.0 Å².